The third-order valence-electron chi connectivity index (χ3n) is 4.65. The second-order valence-electron chi connectivity index (χ2n) is 6.57. The second-order valence-corrected chi connectivity index (χ2v) is 7.57. The summed E-state index contributed by atoms with van der Waals surface area (Å²) in [4.78, 5) is 29.0. The summed E-state index contributed by atoms with van der Waals surface area (Å²) in [7, 11) is 1.81. The Bertz CT molecular complexity index is 1130. The molecule has 0 bridgehead atoms. The fourth-order valence-corrected chi connectivity index (χ4v) is 4.29. The molecule has 4 rings (SSSR count). The van der Waals surface area contributed by atoms with E-state index < -0.39 is 0 Å². The lowest BCUT2D eigenvalue weighted by Crippen LogP contribution is -2.27. The molecular weight excluding hydrogens is 370 g/mol. The molecule has 3 aromatic heterocycles. The van der Waals surface area contributed by atoms with Crippen molar-refractivity contribution in [2.24, 2.45) is 0 Å². The molecule has 0 unspecified atom stereocenters. The van der Waals surface area contributed by atoms with E-state index in [0.717, 1.165) is 39.8 Å². The van der Waals surface area contributed by atoms with Crippen LogP contribution in [0.25, 0.3) is 21.7 Å². The van der Waals surface area contributed by atoms with Crippen LogP contribution in [0.1, 0.15) is 28.1 Å². The standard InChI is InChI=1S/C21H21N5OS/c1-4-26-17-11-6-5-9-15(17)24-18(26)13-25(3)21(27)19-14(2)23-20(28-19)16-10-7-8-12-22-16/h5-12H,4,13H2,1-3H3. The van der Waals surface area contributed by atoms with Crippen molar-refractivity contribution in [1.82, 2.24) is 24.4 Å². The Balaban J connectivity index is 1.60. The van der Waals surface area contributed by atoms with Gasteiger partial charge in [-0.3, -0.25) is 9.78 Å². The van der Waals surface area contributed by atoms with Crippen molar-refractivity contribution in [3.63, 3.8) is 0 Å². The van der Waals surface area contributed by atoms with Crippen molar-refractivity contribution in [1.29, 1.82) is 0 Å². The lowest BCUT2D eigenvalue weighted by molar-refractivity contribution is 0.0784. The summed E-state index contributed by atoms with van der Waals surface area (Å²) in [5.41, 5.74) is 3.55. The SMILES string of the molecule is CCn1c(CN(C)C(=O)c2sc(-c3ccccn3)nc2C)nc2ccccc21. The Hall–Kier alpha value is -3.06. The number of aryl methyl sites for hydroxylation is 2. The maximum atomic E-state index is 13.1. The number of amides is 1. The largest absolute Gasteiger partial charge is 0.333 e. The number of hydrogen-bond donors (Lipinski definition) is 0. The fourth-order valence-electron chi connectivity index (χ4n) is 3.25. The summed E-state index contributed by atoms with van der Waals surface area (Å²) in [6.07, 6.45) is 1.73. The van der Waals surface area contributed by atoms with E-state index in [1.54, 1.807) is 18.1 Å². The Kier molecular flexibility index (Phi) is 4.92. The van der Waals surface area contributed by atoms with Crippen molar-refractivity contribution in [3.8, 4) is 10.7 Å². The van der Waals surface area contributed by atoms with Crippen LogP contribution in [-0.4, -0.2) is 37.4 Å². The minimum Gasteiger partial charge on any atom is -0.333 e. The van der Waals surface area contributed by atoms with Crippen molar-refractivity contribution >= 4 is 28.3 Å². The van der Waals surface area contributed by atoms with Gasteiger partial charge in [0.1, 0.15) is 15.7 Å². The molecule has 0 fully saturated rings. The minimum absolute atomic E-state index is 0.0492. The van der Waals surface area contributed by atoms with E-state index in [-0.39, 0.29) is 5.91 Å². The summed E-state index contributed by atoms with van der Waals surface area (Å²) in [5, 5.41) is 0.760. The molecule has 0 aliphatic carbocycles. The number of fused-ring (bicyclic) bond motifs is 1. The maximum Gasteiger partial charge on any atom is 0.266 e. The average Bonchev–Trinajstić information content (AvgIpc) is 3.27. The number of benzene rings is 1. The molecule has 7 heteroatoms. The molecule has 0 aliphatic rings. The first-order chi connectivity index (χ1) is 13.6. The highest BCUT2D eigenvalue weighted by atomic mass is 32.1. The number of thiazole rings is 1. The lowest BCUT2D eigenvalue weighted by Gasteiger charge is -2.17. The maximum absolute atomic E-state index is 13.1. The molecule has 0 atom stereocenters. The van der Waals surface area contributed by atoms with Crippen LogP contribution in [0.4, 0.5) is 0 Å². The van der Waals surface area contributed by atoms with Gasteiger partial charge in [-0.25, -0.2) is 9.97 Å². The zero-order valence-corrected chi connectivity index (χ0v) is 16.9. The number of imidazole rings is 1. The average molecular weight is 392 g/mol. The van der Waals surface area contributed by atoms with Gasteiger partial charge in [-0.1, -0.05) is 18.2 Å². The van der Waals surface area contributed by atoms with Crippen LogP contribution in [0.2, 0.25) is 0 Å². The van der Waals surface area contributed by atoms with E-state index in [0.29, 0.717) is 11.4 Å². The second kappa shape index (κ2) is 7.52. The van der Waals surface area contributed by atoms with E-state index in [9.17, 15) is 4.79 Å². The number of aromatic nitrogens is 4. The summed E-state index contributed by atoms with van der Waals surface area (Å²) >= 11 is 1.38. The molecule has 4 aromatic rings. The van der Waals surface area contributed by atoms with Crippen molar-refractivity contribution in [3.05, 3.63) is 65.1 Å². The van der Waals surface area contributed by atoms with Crippen molar-refractivity contribution in [2.45, 2.75) is 26.9 Å². The predicted molar refractivity (Wildman–Crippen MR) is 111 cm³/mol. The van der Waals surface area contributed by atoms with Crippen molar-refractivity contribution in [2.75, 3.05) is 7.05 Å². The Morgan fingerprint density at radius 1 is 1.14 bits per heavy atom. The molecule has 0 aliphatic heterocycles. The highest BCUT2D eigenvalue weighted by Crippen LogP contribution is 2.27. The van der Waals surface area contributed by atoms with Crippen LogP contribution < -0.4 is 0 Å². The van der Waals surface area contributed by atoms with Gasteiger partial charge < -0.3 is 9.47 Å². The number of carbonyl (C=O) groups is 1. The molecule has 6 nitrogen and oxygen atoms in total. The van der Waals surface area contributed by atoms with Gasteiger partial charge in [0, 0.05) is 19.8 Å². The first-order valence-electron chi connectivity index (χ1n) is 9.17. The molecule has 1 aromatic carbocycles. The van der Waals surface area contributed by atoms with Gasteiger partial charge in [0.05, 0.1) is 29.0 Å². The Morgan fingerprint density at radius 2 is 1.93 bits per heavy atom. The molecule has 3 heterocycles. The molecule has 0 saturated carbocycles. The van der Waals surface area contributed by atoms with Crippen LogP contribution in [0.5, 0.6) is 0 Å². The Labute approximate surface area is 167 Å². The normalized spacial score (nSPS) is 11.1. The van der Waals surface area contributed by atoms with Crippen LogP contribution in [0.3, 0.4) is 0 Å². The number of para-hydroxylation sites is 2. The molecular formula is C21H21N5OS. The number of carbonyl (C=O) groups excluding carboxylic acids is 1. The lowest BCUT2D eigenvalue weighted by atomic mass is 10.3. The highest BCUT2D eigenvalue weighted by molar-refractivity contribution is 7.17. The zero-order valence-electron chi connectivity index (χ0n) is 16.1. The van der Waals surface area contributed by atoms with Gasteiger partial charge in [-0.05, 0) is 38.1 Å². The summed E-state index contributed by atoms with van der Waals surface area (Å²) in [6, 6.07) is 13.7. The fraction of sp³-hybridized carbons (Fsp3) is 0.238. The summed E-state index contributed by atoms with van der Waals surface area (Å²) < 4.78 is 2.15. The summed E-state index contributed by atoms with van der Waals surface area (Å²) in [6.45, 7) is 5.20. The molecule has 0 saturated heterocycles. The van der Waals surface area contributed by atoms with Gasteiger partial charge in [0.2, 0.25) is 0 Å². The van der Waals surface area contributed by atoms with E-state index in [4.69, 9.17) is 4.98 Å². The number of pyridine rings is 1. The van der Waals surface area contributed by atoms with Gasteiger partial charge >= 0.3 is 0 Å². The van der Waals surface area contributed by atoms with Gasteiger partial charge in [-0.15, -0.1) is 11.3 Å². The first-order valence-corrected chi connectivity index (χ1v) is 9.98. The highest BCUT2D eigenvalue weighted by Gasteiger charge is 2.22. The third-order valence-corrected chi connectivity index (χ3v) is 5.82. The van der Waals surface area contributed by atoms with Crippen LogP contribution >= 0.6 is 11.3 Å². The third kappa shape index (κ3) is 3.29. The monoisotopic (exact) mass is 391 g/mol. The topological polar surface area (TPSA) is 63.9 Å². The van der Waals surface area contributed by atoms with Crippen LogP contribution in [0.15, 0.2) is 48.7 Å². The molecule has 0 radical (unpaired) electrons. The van der Waals surface area contributed by atoms with Crippen molar-refractivity contribution < 1.29 is 4.79 Å². The van der Waals surface area contributed by atoms with E-state index >= 15 is 0 Å². The molecule has 0 spiro atoms. The summed E-state index contributed by atoms with van der Waals surface area (Å²) in [5.74, 6) is 0.832. The van der Waals surface area contributed by atoms with Crippen LogP contribution in [0, 0.1) is 6.92 Å². The number of hydrogen-bond acceptors (Lipinski definition) is 5. The number of nitrogens with zero attached hydrogens (tertiary/aromatic N) is 5. The van der Waals surface area contributed by atoms with Gasteiger partial charge in [-0.2, -0.15) is 0 Å². The zero-order chi connectivity index (χ0) is 19.7. The van der Waals surface area contributed by atoms with Gasteiger partial charge in [0.15, 0.2) is 0 Å². The van der Waals surface area contributed by atoms with E-state index in [2.05, 4.69) is 27.5 Å². The minimum atomic E-state index is -0.0492. The number of rotatable bonds is 5. The molecule has 142 valence electrons. The predicted octanol–water partition coefficient (Wildman–Crippen LogP) is 4.16. The van der Waals surface area contributed by atoms with E-state index in [1.165, 1.54) is 11.3 Å². The Morgan fingerprint density at radius 3 is 2.68 bits per heavy atom. The van der Waals surface area contributed by atoms with E-state index in [1.807, 2.05) is 43.3 Å². The molecule has 28 heavy (non-hydrogen) atoms. The quantitative estimate of drug-likeness (QED) is 0.513. The van der Waals surface area contributed by atoms with Crippen LogP contribution in [-0.2, 0) is 13.1 Å². The molecule has 0 N–H and O–H groups in total. The van der Waals surface area contributed by atoms with Gasteiger partial charge in [0.25, 0.3) is 5.91 Å². The first kappa shape index (κ1) is 18.3. The molecule has 1 amide bonds. The smallest absolute Gasteiger partial charge is 0.266 e.